The van der Waals surface area contributed by atoms with E-state index in [0.29, 0.717) is 0 Å². The predicted molar refractivity (Wildman–Crippen MR) is 268 cm³/mol. The minimum atomic E-state index is -5.15. The van der Waals surface area contributed by atoms with Crippen molar-refractivity contribution in [3.8, 4) is 0 Å². The Morgan fingerprint density at radius 2 is 0.674 bits per heavy atom. The number of methoxy groups -OCH3 is 1. The van der Waals surface area contributed by atoms with E-state index < -0.39 is 270 Å². The molecule has 41 heteroatoms. The van der Waals surface area contributed by atoms with Crippen molar-refractivity contribution in [1.29, 1.82) is 0 Å². The average molecular weight is 1300 g/mol. The SMILES string of the molecule is CO[C@H]1OC(COS(=O)(=O)O)[C@@H](O[C@H]2C[C@H](O)[C@H](O[C@H]3OC(COS(=O)(=O)O)[C@H](O[C@H]4C[C@H](O)[C@H](O[C@H]5OC(CO)[C@@H](O[C@H]6C[C@H](O)[C@H](O[C@@H]7OC(CO)[C@H](O[C@H]8C[C@H](O)[C@H](O)CO8)[C@H](O)C7N)CO6)[C@H](O)C5N)CO4)[C@H](O)C3N)CO2)[C@H](O)C1N. The third-order valence-corrected chi connectivity index (χ3v) is 16.5. The molecule has 502 valence electrons. The van der Waals surface area contributed by atoms with Gasteiger partial charge in [0.2, 0.25) is 0 Å². The molecule has 86 heavy (non-hydrogen) atoms. The largest absolute Gasteiger partial charge is 0.397 e. The zero-order valence-electron chi connectivity index (χ0n) is 45.9. The lowest BCUT2D eigenvalue weighted by molar-refractivity contribution is -0.350. The van der Waals surface area contributed by atoms with E-state index in [1.807, 2.05) is 0 Å². The van der Waals surface area contributed by atoms with Gasteiger partial charge in [0.15, 0.2) is 50.3 Å². The van der Waals surface area contributed by atoms with Crippen LogP contribution in [0.1, 0.15) is 25.7 Å². The summed E-state index contributed by atoms with van der Waals surface area (Å²) in [6.07, 6.45) is -40.3. The number of hydrogen-bond acceptors (Lipinski definition) is 37. The van der Waals surface area contributed by atoms with E-state index in [4.69, 9.17) is 103 Å². The second-order valence-electron chi connectivity index (χ2n) is 21.7. The number of nitrogens with two attached hydrogens (primary N) is 4. The minimum absolute atomic E-state index is 0.139. The molecule has 0 aromatic carbocycles. The number of ether oxygens (including phenoxy) is 16. The van der Waals surface area contributed by atoms with Crippen LogP contribution in [0.3, 0.4) is 0 Å². The molecule has 39 nitrogen and oxygen atoms in total. The Balaban J connectivity index is 0.799. The zero-order valence-corrected chi connectivity index (χ0v) is 47.5. The Labute approximate surface area is 491 Å². The zero-order chi connectivity index (χ0) is 62.7. The van der Waals surface area contributed by atoms with Gasteiger partial charge in [0, 0.05) is 32.8 Å². The van der Waals surface area contributed by atoms with E-state index >= 15 is 0 Å². The maximum atomic E-state index is 11.7. The van der Waals surface area contributed by atoms with Gasteiger partial charge in [0.1, 0.15) is 97.7 Å². The molecule has 0 radical (unpaired) electrons. The van der Waals surface area contributed by atoms with Crippen molar-refractivity contribution in [3.63, 3.8) is 0 Å². The first-order chi connectivity index (χ1) is 40.6. The van der Waals surface area contributed by atoms with Crippen LogP contribution in [0.2, 0.25) is 0 Å². The summed E-state index contributed by atoms with van der Waals surface area (Å²) in [7, 11) is -8.92. The number of rotatable bonds is 23. The molecule has 8 aliphatic heterocycles. The fourth-order valence-electron chi connectivity index (χ4n) is 10.8. The standard InChI is InChI=1S/C45H80N4O35S2/c1-67-42-30(46)34(57)40(24(79-42)12-72-85(61,62)63)83-28-5-17(55)23(11-71-28)78-45-33(49)37(60)41(25(80-45)13-73-86(64,65)66)84-29-4-16(54)22(10-70-29)77-44-32(48)36(59)39(20(7-51)75-44)82-27-3-15(53)21(9-69-27)76-43-31(47)35(58)38(19(6-50)74-43)81-26-2-14(52)18(56)8-68-26/h14-45,50-60H,2-13,46-49H2,1H3,(H,61,62,63)(H,64,65,66)/t14-,15-,16-,17-,18+,19?,20?,21+,22+,23+,24?,25?,26-,27-,28-,29-,30?,31?,32?,33?,34+,35+,36+,37+,38-,39+,40+,41-,42-,43-,44+,45-/m0/s1. The van der Waals surface area contributed by atoms with Crippen LogP contribution in [0.15, 0.2) is 0 Å². The van der Waals surface area contributed by atoms with E-state index in [1.165, 1.54) is 7.11 Å². The Morgan fingerprint density at radius 1 is 0.395 bits per heavy atom. The second-order valence-corrected chi connectivity index (χ2v) is 23.9. The van der Waals surface area contributed by atoms with Crippen molar-refractivity contribution in [2.45, 2.75) is 222 Å². The van der Waals surface area contributed by atoms with Crippen LogP contribution in [0, 0.1) is 0 Å². The van der Waals surface area contributed by atoms with Crippen molar-refractivity contribution in [2.75, 3.05) is 60.0 Å². The summed E-state index contributed by atoms with van der Waals surface area (Å²) < 4.78 is 166. The molecule has 0 spiro atoms. The quantitative estimate of drug-likeness (QED) is 0.0422. The summed E-state index contributed by atoms with van der Waals surface area (Å²) in [5.74, 6) is 0. The Morgan fingerprint density at radius 3 is 0.965 bits per heavy atom. The lowest BCUT2D eigenvalue weighted by atomic mass is 9.96. The Bertz CT molecular complexity index is 2330. The smallest absolute Gasteiger partial charge is 0.394 e. The van der Waals surface area contributed by atoms with Crippen LogP contribution in [-0.2, 0) is 105 Å². The monoisotopic (exact) mass is 1300 g/mol. The van der Waals surface area contributed by atoms with Crippen LogP contribution in [0.4, 0.5) is 0 Å². The summed E-state index contributed by atoms with van der Waals surface area (Å²) in [5.41, 5.74) is 24.9. The highest BCUT2D eigenvalue weighted by Gasteiger charge is 2.54. The summed E-state index contributed by atoms with van der Waals surface area (Å²) in [6, 6.07) is -5.49. The first-order valence-corrected chi connectivity index (χ1v) is 30.1. The van der Waals surface area contributed by atoms with E-state index in [9.17, 15) is 77.6 Å². The molecule has 21 N–H and O–H groups in total. The third-order valence-electron chi connectivity index (χ3n) is 15.7. The molecule has 8 fully saturated rings. The first-order valence-electron chi connectivity index (χ1n) is 27.4. The molecule has 0 amide bonds. The molecule has 0 aromatic rings. The van der Waals surface area contributed by atoms with Gasteiger partial charge in [0.25, 0.3) is 0 Å². The fourth-order valence-corrected chi connectivity index (χ4v) is 11.4. The molecule has 8 rings (SSSR count). The molecule has 8 heterocycles. The summed E-state index contributed by atoms with van der Waals surface area (Å²) in [4.78, 5) is 0. The van der Waals surface area contributed by atoms with Crippen molar-refractivity contribution in [2.24, 2.45) is 22.9 Å². The van der Waals surface area contributed by atoms with Crippen LogP contribution in [0.25, 0.3) is 0 Å². The second kappa shape index (κ2) is 30.5. The van der Waals surface area contributed by atoms with Crippen LogP contribution in [-0.4, -0.2) is 339 Å². The average Bonchev–Trinajstić information content (AvgIpc) is 1.17. The maximum Gasteiger partial charge on any atom is 0.397 e. The number of aliphatic hydroxyl groups excluding tert-OH is 11. The summed E-state index contributed by atoms with van der Waals surface area (Å²) >= 11 is 0. The minimum Gasteiger partial charge on any atom is -0.394 e. The highest BCUT2D eigenvalue weighted by molar-refractivity contribution is 7.81. The molecule has 8 aliphatic rings. The Kier molecular flexibility index (Phi) is 25.0. The number of hydrogen-bond donors (Lipinski definition) is 17. The van der Waals surface area contributed by atoms with Gasteiger partial charge in [-0.3, -0.25) is 9.11 Å². The maximum absolute atomic E-state index is 11.7. The van der Waals surface area contributed by atoms with Gasteiger partial charge < -0.3 is 155 Å². The van der Waals surface area contributed by atoms with Crippen molar-refractivity contribution in [3.05, 3.63) is 0 Å². The lowest BCUT2D eigenvalue weighted by Gasteiger charge is -2.47. The van der Waals surface area contributed by atoms with Gasteiger partial charge in [-0.05, 0) is 0 Å². The van der Waals surface area contributed by atoms with Crippen LogP contribution in [0.5, 0.6) is 0 Å². The normalized spacial score (nSPS) is 48.4. The van der Waals surface area contributed by atoms with Gasteiger partial charge in [0.05, 0.1) is 101 Å². The van der Waals surface area contributed by atoms with Gasteiger partial charge >= 0.3 is 20.8 Å². The third kappa shape index (κ3) is 17.6. The van der Waals surface area contributed by atoms with Crippen molar-refractivity contribution in [1.82, 2.24) is 0 Å². The molecular formula is C45H80N4O35S2. The van der Waals surface area contributed by atoms with Gasteiger partial charge in [-0.25, -0.2) is 8.37 Å². The molecule has 32 atom stereocenters. The Hall–Kier alpha value is -1.50. The van der Waals surface area contributed by atoms with E-state index in [2.05, 4.69) is 8.37 Å². The molecular weight excluding hydrogens is 1220 g/mol. The van der Waals surface area contributed by atoms with Crippen LogP contribution < -0.4 is 22.9 Å². The van der Waals surface area contributed by atoms with Gasteiger partial charge in [-0.1, -0.05) is 0 Å². The summed E-state index contributed by atoms with van der Waals surface area (Å²) in [6.45, 7) is -4.89. The van der Waals surface area contributed by atoms with E-state index in [1.54, 1.807) is 0 Å². The molecule has 0 saturated carbocycles. The predicted octanol–water partition coefficient (Wildman–Crippen LogP) is -11.6. The molecule has 0 aromatic heterocycles. The van der Waals surface area contributed by atoms with Crippen molar-refractivity contribution >= 4 is 20.8 Å². The highest BCUT2D eigenvalue weighted by Crippen LogP contribution is 2.35. The molecule has 8 unspecified atom stereocenters. The van der Waals surface area contributed by atoms with Crippen LogP contribution >= 0.6 is 0 Å². The molecule has 0 bridgehead atoms. The lowest BCUT2D eigenvalue weighted by Crippen LogP contribution is -2.66. The van der Waals surface area contributed by atoms with Gasteiger partial charge in [-0.15, -0.1) is 0 Å². The molecule has 0 aliphatic carbocycles. The van der Waals surface area contributed by atoms with E-state index in [-0.39, 0.29) is 26.1 Å². The van der Waals surface area contributed by atoms with Gasteiger partial charge in [-0.2, -0.15) is 16.8 Å². The highest BCUT2D eigenvalue weighted by atomic mass is 32.3. The topological polar surface area (TPSA) is 601 Å². The molecule has 8 saturated heterocycles. The fraction of sp³-hybridized carbons (Fsp3) is 1.00. The van der Waals surface area contributed by atoms with Crippen molar-refractivity contribution < 1.29 is 166 Å². The first kappa shape index (κ1) is 70.4. The number of aliphatic hydroxyl groups is 11. The summed E-state index contributed by atoms with van der Waals surface area (Å²) in [5, 5.41) is 119. The van der Waals surface area contributed by atoms with E-state index in [0.717, 1.165) is 0 Å².